The molecule has 0 spiro atoms. The first-order valence-corrected chi connectivity index (χ1v) is 13.1. The Morgan fingerprint density at radius 2 is 1.70 bits per heavy atom. The molecule has 0 aliphatic rings. The maximum Gasteiger partial charge on any atom is 0.264 e. The fourth-order valence-corrected chi connectivity index (χ4v) is 5.34. The molecule has 0 radical (unpaired) electrons. The molecule has 0 bridgehead atoms. The Labute approximate surface area is 220 Å². The number of ether oxygens (including phenoxy) is 1. The van der Waals surface area contributed by atoms with Gasteiger partial charge in [-0.25, -0.2) is 12.8 Å². The molecule has 0 aliphatic heterocycles. The smallest absolute Gasteiger partial charge is 0.264 e. The van der Waals surface area contributed by atoms with Gasteiger partial charge >= 0.3 is 0 Å². The quantitative estimate of drug-likeness (QED) is 0.416. The zero-order valence-electron chi connectivity index (χ0n) is 20.5. The van der Waals surface area contributed by atoms with Crippen molar-refractivity contribution >= 4 is 39.1 Å². The number of amides is 2. The normalized spacial score (nSPS) is 11.9. The molecule has 3 aromatic carbocycles. The van der Waals surface area contributed by atoms with Gasteiger partial charge in [0.15, 0.2) is 0 Å². The van der Waals surface area contributed by atoms with E-state index >= 15 is 0 Å². The molecule has 0 aromatic heterocycles. The van der Waals surface area contributed by atoms with Gasteiger partial charge in [0.05, 0.1) is 22.7 Å². The van der Waals surface area contributed by atoms with Crippen LogP contribution in [0.4, 0.5) is 10.1 Å². The zero-order chi connectivity index (χ0) is 27.2. The second kappa shape index (κ2) is 12.1. The number of methoxy groups -OCH3 is 1. The molecule has 2 amide bonds. The summed E-state index contributed by atoms with van der Waals surface area (Å²) in [6, 6.07) is 16.8. The van der Waals surface area contributed by atoms with Crippen LogP contribution < -0.4 is 14.4 Å². The predicted octanol–water partition coefficient (Wildman–Crippen LogP) is 3.85. The van der Waals surface area contributed by atoms with E-state index in [0.717, 1.165) is 9.21 Å². The van der Waals surface area contributed by atoms with E-state index < -0.39 is 40.2 Å². The standard InChI is InChI=1S/C26H27ClFN3O5S/c1-18(26(33)29-2)30(16-19-9-7-8-12-23(19)28)25(32)17-31(20-13-14-24(36-3)22(27)15-20)37(34,35)21-10-5-4-6-11-21/h4-15,18H,16-17H2,1-3H3,(H,29,33). The highest BCUT2D eigenvalue weighted by molar-refractivity contribution is 7.92. The summed E-state index contributed by atoms with van der Waals surface area (Å²) in [6.45, 7) is 0.566. The average molecular weight is 548 g/mol. The number of benzene rings is 3. The third-order valence-corrected chi connectivity index (χ3v) is 7.83. The highest BCUT2D eigenvalue weighted by atomic mass is 35.5. The minimum atomic E-state index is -4.24. The van der Waals surface area contributed by atoms with Crippen LogP contribution in [0.2, 0.25) is 5.02 Å². The van der Waals surface area contributed by atoms with Crippen molar-refractivity contribution in [1.82, 2.24) is 10.2 Å². The molecule has 1 unspecified atom stereocenters. The Morgan fingerprint density at radius 3 is 2.30 bits per heavy atom. The SMILES string of the molecule is CNC(=O)C(C)N(Cc1ccccc1F)C(=O)CN(c1ccc(OC)c(Cl)c1)S(=O)(=O)c1ccccc1. The number of carbonyl (C=O) groups excluding carboxylic acids is 2. The van der Waals surface area contributed by atoms with Gasteiger partial charge in [-0.3, -0.25) is 13.9 Å². The molecule has 8 nitrogen and oxygen atoms in total. The minimum absolute atomic E-state index is 0.0465. The van der Waals surface area contributed by atoms with Crippen molar-refractivity contribution in [1.29, 1.82) is 0 Å². The molecule has 0 fully saturated rings. The van der Waals surface area contributed by atoms with Crippen molar-refractivity contribution in [2.75, 3.05) is 25.0 Å². The molecule has 37 heavy (non-hydrogen) atoms. The second-order valence-corrected chi connectivity index (χ2v) is 10.3. The van der Waals surface area contributed by atoms with Crippen LogP contribution in [0.1, 0.15) is 12.5 Å². The highest BCUT2D eigenvalue weighted by Crippen LogP contribution is 2.32. The van der Waals surface area contributed by atoms with Crippen molar-refractivity contribution in [3.05, 3.63) is 89.2 Å². The maximum atomic E-state index is 14.4. The van der Waals surface area contributed by atoms with Crippen molar-refractivity contribution in [2.24, 2.45) is 0 Å². The van der Waals surface area contributed by atoms with E-state index in [1.54, 1.807) is 24.3 Å². The number of rotatable bonds is 10. The number of carbonyl (C=O) groups is 2. The molecule has 11 heteroatoms. The number of hydrogen-bond acceptors (Lipinski definition) is 5. The summed E-state index contributed by atoms with van der Waals surface area (Å²) >= 11 is 6.27. The molecule has 1 atom stereocenters. The Kier molecular flexibility index (Phi) is 9.12. The lowest BCUT2D eigenvalue weighted by molar-refractivity contribution is -0.139. The predicted molar refractivity (Wildman–Crippen MR) is 139 cm³/mol. The van der Waals surface area contributed by atoms with E-state index in [-0.39, 0.29) is 27.7 Å². The van der Waals surface area contributed by atoms with Crippen LogP contribution >= 0.6 is 11.6 Å². The highest BCUT2D eigenvalue weighted by Gasteiger charge is 2.32. The Balaban J connectivity index is 2.07. The van der Waals surface area contributed by atoms with Gasteiger partial charge in [-0.15, -0.1) is 0 Å². The maximum absolute atomic E-state index is 14.4. The van der Waals surface area contributed by atoms with Gasteiger partial charge in [0.25, 0.3) is 10.0 Å². The Morgan fingerprint density at radius 1 is 1.05 bits per heavy atom. The topological polar surface area (TPSA) is 96.0 Å². The van der Waals surface area contributed by atoms with Crippen LogP contribution in [0.5, 0.6) is 5.75 Å². The van der Waals surface area contributed by atoms with Crippen molar-refractivity contribution in [3.63, 3.8) is 0 Å². The Bertz CT molecular complexity index is 1370. The molecule has 0 saturated carbocycles. The lowest BCUT2D eigenvalue weighted by atomic mass is 10.1. The van der Waals surface area contributed by atoms with Crippen LogP contribution in [0.3, 0.4) is 0 Å². The van der Waals surface area contributed by atoms with Crippen LogP contribution in [0.15, 0.2) is 77.7 Å². The largest absolute Gasteiger partial charge is 0.495 e. The number of anilines is 1. The van der Waals surface area contributed by atoms with Gasteiger partial charge in [-0.1, -0.05) is 48.0 Å². The molecule has 0 aliphatic carbocycles. The third kappa shape index (κ3) is 6.39. The lowest BCUT2D eigenvalue weighted by Gasteiger charge is -2.32. The summed E-state index contributed by atoms with van der Waals surface area (Å²) < 4.78 is 47.8. The molecule has 3 aromatic rings. The van der Waals surface area contributed by atoms with Crippen LogP contribution in [-0.2, 0) is 26.2 Å². The summed E-state index contributed by atoms with van der Waals surface area (Å²) in [5.41, 5.74) is 0.290. The van der Waals surface area contributed by atoms with E-state index in [0.29, 0.717) is 5.75 Å². The van der Waals surface area contributed by atoms with Gasteiger partial charge in [-0.05, 0) is 43.3 Å². The van der Waals surface area contributed by atoms with Crippen molar-refractivity contribution in [2.45, 2.75) is 24.4 Å². The van der Waals surface area contributed by atoms with Crippen molar-refractivity contribution < 1.29 is 27.1 Å². The monoisotopic (exact) mass is 547 g/mol. The summed E-state index contributed by atoms with van der Waals surface area (Å²) in [7, 11) is -1.41. The number of sulfonamides is 1. The molecular formula is C26H27ClFN3O5S. The first kappa shape index (κ1) is 27.9. The lowest BCUT2D eigenvalue weighted by Crippen LogP contribution is -2.50. The first-order valence-electron chi connectivity index (χ1n) is 11.3. The number of likely N-dealkylation sites (N-methyl/N-ethyl adjacent to an activating group) is 1. The van der Waals surface area contributed by atoms with Gasteiger partial charge in [0.1, 0.15) is 24.2 Å². The van der Waals surface area contributed by atoms with Crippen LogP contribution in [0.25, 0.3) is 0 Å². The van der Waals surface area contributed by atoms with Gasteiger partial charge in [0.2, 0.25) is 11.8 Å². The third-order valence-electron chi connectivity index (χ3n) is 5.75. The fraction of sp³-hybridized carbons (Fsp3) is 0.231. The second-order valence-electron chi connectivity index (χ2n) is 8.05. The van der Waals surface area contributed by atoms with Crippen molar-refractivity contribution in [3.8, 4) is 5.75 Å². The van der Waals surface area contributed by atoms with Gasteiger partial charge < -0.3 is 15.0 Å². The average Bonchev–Trinajstić information content (AvgIpc) is 2.90. The zero-order valence-corrected chi connectivity index (χ0v) is 22.1. The van der Waals surface area contributed by atoms with Crippen LogP contribution in [0, 0.1) is 5.82 Å². The number of hydrogen-bond donors (Lipinski definition) is 1. The number of nitrogens with zero attached hydrogens (tertiary/aromatic N) is 2. The van der Waals surface area contributed by atoms with E-state index in [1.807, 2.05) is 0 Å². The van der Waals surface area contributed by atoms with E-state index in [4.69, 9.17) is 16.3 Å². The first-order chi connectivity index (χ1) is 17.6. The van der Waals surface area contributed by atoms with Crippen LogP contribution in [-0.4, -0.2) is 51.9 Å². The molecule has 0 heterocycles. The summed E-state index contributed by atoms with van der Waals surface area (Å²) in [4.78, 5) is 27.2. The summed E-state index contributed by atoms with van der Waals surface area (Å²) in [5.74, 6) is -1.44. The molecule has 1 N–H and O–H groups in total. The summed E-state index contributed by atoms with van der Waals surface area (Å²) in [5, 5.41) is 2.61. The summed E-state index contributed by atoms with van der Waals surface area (Å²) in [6.07, 6.45) is 0. The van der Waals surface area contributed by atoms with Gasteiger partial charge in [0, 0.05) is 19.2 Å². The Hall–Kier alpha value is -3.63. The molecular weight excluding hydrogens is 521 g/mol. The molecule has 0 saturated heterocycles. The number of halogens is 2. The molecule has 3 rings (SSSR count). The minimum Gasteiger partial charge on any atom is -0.495 e. The van der Waals surface area contributed by atoms with E-state index in [2.05, 4.69) is 5.32 Å². The van der Waals surface area contributed by atoms with E-state index in [9.17, 15) is 22.4 Å². The van der Waals surface area contributed by atoms with Gasteiger partial charge in [-0.2, -0.15) is 0 Å². The number of nitrogens with one attached hydrogen (secondary N) is 1. The van der Waals surface area contributed by atoms with E-state index in [1.165, 1.54) is 69.6 Å². The molecule has 196 valence electrons. The fourth-order valence-electron chi connectivity index (χ4n) is 3.66.